The Hall–Kier alpha value is -0.180. The molecule has 0 spiro atoms. The highest BCUT2D eigenvalue weighted by atomic mass is 19.1. The topological polar surface area (TPSA) is 9.23 Å². The molecule has 0 heterocycles. The van der Waals surface area contributed by atoms with E-state index in [1.165, 1.54) is 0 Å². The number of ether oxygens (including phenoxy) is 1. The van der Waals surface area contributed by atoms with Gasteiger partial charge in [-0.3, -0.25) is 8.78 Å². The van der Waals surface area contributed by atoms with E-state index in [0.29, 0.717) is 12.8 Å². The van der Waals surface area contributed by atoms with Gasteiger partial charge in [-0.05, 0) is 12.8 Å². The molecule has 0 aliphatic rings. The Kier molecular flexibility index (Phi) is 10.2. The maximum atomic E-state index is 12.2. The number of alkyl halides is 2. The third-order valence-electron chi connectivity index (χ3n) is 2.47. The number of halogens is 2. The van der Waals surface area contributed by atoms with Crippen molar-refractivity contribution in [2.24, 2.45) is 0 Å². The second-order valence-corrected chi connectivity index (χ2v) is 3.91. The SMILES string of the molecule is CCCC(CCF)OC(CCC)CCF. The molecule has 0 aromatic rings. The fourth-order valence-electron chi connectivity index (χ4n) is 1.72. The number of hydrogen-bond donors (Lipinski definition) is 0. The molecule has 0 saturated carbocycles. The average molecular weight is 222 g/mol. The van der Waals surface area contributed by atoms with Crippen LogP contribution in [0.15, 0.2) is 0 Å². The van der Waals surface area contributed by atoms with Gasteiger partial charge in [-0.1, -0.05) is 26.7 Å². The Labute approximate surface area is 92.2 Å². The van der Waals surface area contributed by atoms with Crippen LogP contribution in [0.4, 0.5) is 8.78 Å². The standard InChI is InChI=1S/C12H24F2O/c1-3-5-11(7-9-13)15-12(6-4-2)8-10-14/h11-12H,3-10H2,1-2H3. The third kappa shape index (κ3) is 7.71. The maximum absolute atomic E-state index is 12.2. The van der Waals surface area contributed by atoms with Gasteiger partial charge in [-0.15, -0.1) is 0 Å². The first kappa shape index (κ1) is 14.8. The summed E-state index contributed by atoms with van der Waals surface area (Å²) in [6.45, 7) is 3.41. The molecule has 0 aliphatic carbocycles. The van der Waals surface area contributed by atoms with Crippen LogP contribution in [0.2, 0.25) is 0 Å². The van der Waals surface area contributed by atoms with E-state index in [9.17, 15) is 8.78 Å². The van der Waals surface area contributed by atoms with Gasteiger partial charge in [-0.25, -0.2) is 0 Å². The Balaban J connectivity index is 3.93. The summed E-state index contributed by atoms with van der Waals surface area (Å²) in [7, 11) is 0. The van der Waals surface area contributed by atoms with E-state index >= 15 is 0 Å². The van der Waals surface area contributed by atoms with Crippen molar-refractivity contribution in [1.82, 2.24) is 0 Å². The first-order chi connectivity index (χ1) is 7.28. The van der Waals surface area contributed by atoms with E-state index in [-0.39, 0.29) is 25.6 Å². The normalized spacial score (nSPS) is 15.2. The van der Waals surface area contributed by atoms with Crippen molar-refractivity contribution < 1.29 is 13.5 Å². The van der Waals surface area contributed by atoms with Gasteiger partial charge in [-0.2, -0.15) is 0 Å². The molecule has 0 N–H and O–H groups in total. The Morgan fingerprint density at radius 2 is 1.20 bits per heavy atom. The highest BCUT2D eigenvalue weighted by Crippen LogP contribution is 2.15. The van der Waals surface area contributed by atoms with E-state index in [0.717, 1.165) is 25.7 Å². The third-order valence-corrected chi connectivity index (χ3v) is 2.47. The first-order valence-corrected chi connectivity index (χ1v) is 6.05. The summed E-state index contributed by atoms with van der Waals surface area (Å²) in [5, 5.41) is 0. The predicted molar refractivity (Wildman–Crippen MR) is 59.7 cm³/mol. The minimum atomic E-state index is -0.348. The first-order valence-electron chi connectivity index (χ1n) is 6.05. The van der Waals surface area contributed by atoms with E-state index in [4.69, 9.17) is 4.74 Å². The summed E-state index contributed by atoms with van der Waals surface area (Å²) in [5.41, 5.74) is 0. The Morgan fingerprint density at radius 3 is 1.47 bits per heavy atom. The van der Waals surface area contributed by atoms with Crippen LogP contribution in [-0.4, -0.2) is 25.6 Å². The Morgan fingerprint density at radius 1 is 0.800 bits per heavy atom. The molecule has 0 saturated heterocycles. The summed E-state index contributed by atoms with van der Waals surface area (Å²) in [5.74, 6) is 0. The van der Waals surface area contributed by atoms with Gasteiger partial charge in [0.15, 0.2) is 0 Å². The fraction of sp³-hybridized carbons (Fsp3) is 1.00. The van der Waals surface area contributed by atoms with Crippen LogP contribution in [-0.2, 0) is 4.74 Å². The lowest BCUT2D eigenvalue weighted by atomic mass is 10.1. The second kappa shape index (κ2) is 10.3. The van der Waals surface area contributed by atoms with Crippen molar-refractivity contribution in [2.45, 2.75) is 64.6 Å². The minimum Gasteiger partial charge on any atom is -0.375 e. The van der Waals surface area contributed by atoms with Crippen molar-refractivity contribution in [2.75, 3.05) is 13.3 Å². The molecule has 0 fully saturated rings. The summed E-state index contributed by atoms with van der Waals surface area (Å²) in [6, 6.07) is 0. The second-order valence-electron chi connectivity index (χ2n) is 3.91. The van der Waals surface area contributed by atoms with Gasteiger partial charge < -0.3 is 4.74 Å². The van der Waals surface area contributed by atoms with Crippen molar-refractivity contribution in [3.05, 3.63) is 0 Å². The predicted octanol–water partition coefficient (Wildman–Crippen LogP) is 4.06. The zero-order chi connectivity index (χ0) is 11.5. The lowest BCUT2D eigenvalue weighted by Crippen LogP contribution is -2.23. The molecule has 0 amide bonds. The Bertz CT molecular complexity index is 105. The van der Waals surface area contributed by atoms with Crippen molar-refractivity contribution in [1.29, 1.82) is 0 Å². The minimum absolute atomic E-state index is 0.0249. The summed E-state index contributed by atoms with van der Waals surface area (Å²) in [4.78, 5) is 0. The van der Waals surface area contributed by atoms with Gasteiger partial charge in [0.05, 0.1) is 25.6 Å². The number of hydrogen-bond acceptors (Lipinski definition) is 1. The number of rotatable bonds is 10. The molecule has 0 rings (SSSR count). The van der Waals surface area contributed by atoms with Gasteiger partial charge in [0.25, 0.3) is 0 Å². The summed E-state index contributed by atoms with van der Waals surface area (Å²) < 4.78 is 30.2. The van der Waals surface area contributed by atoms with Gasteiger partial charge in [0.2, 0.25) is 0 Å². The van der Waals surface area contributed by atoms with Gasteiger partial charge in [0, 0.05) is 12.8 Å². The molecule has 0 aromatic carbocycles. The van der Waals surface area contributed by atoms with Crippen molar-refractivity contribution in [3.63, 3.8) is 0 Å². The van der Waals surface area contributed by atoms with Crippen LogP contribution in [0.3, 0.4) is 0 Å². The molecular formula is C12H24F2O. The van der Waals surface area contributed by atoms with E-state index in [1.54, 1.807) is 0 Å². The van der Waals surface area contributed by atoms with Crippen LogP contribution in [0.25, 0.3) is 0 Å². The van der Waals surface area contributed by atoms with Crippen LogP contribution >= 0.6 is 0 Å². The van der Waals surface area contributed by atoms with Crippen molar-refractivity contribution in [3.8, 4) is 0 Å². The van der Waals surface area contributed by atoms with Gasteiger partial charge in [0.1, 0.15) is 0 Å². The molecular weight excluding hydrogens is 198 g/mol. The molecule has 2 unspecified atom stereocenters. The quantitative estimate of drug-likeness (QED) is 0.541. The molecule has 15 heavy (non-hydrogen) atoms. The largest absolute Gasteiger partial charge is 0.375 e. The molecule has 0 radical (unpaired) electrons. The molecule has 2 atom stereocenters. The van der Waals surface area contributed by atoms with Gasteiger partial charge >= 0.3 is 0 Å². The molecule has 92 valence electrons. The molecule has 3 heteroatoms. The summed E-state index contributed by atoms with van der Waals surface area (Å²) in [6.07, 6.45) is 4.55. The monoisotopic (exact) mass is 222 g/mol. The smallest absolute Gasteiger partial charge is 0.0919 e. The lowest BCUT2D eigenvalue weighted by Gasteiger charge is -2.23. The fourth-order valence-corrected chi connectivity index (χ4v) is 1.72. The average Bonchev–Trinajstić information content (AvgIpc) is 2.19. The van der Waals surface area contributed by atoms with Crippen LogP contribution < -0.4 is 0 Å². The van der Waals surface area contributed by atoms with Crippen molar-refractivity contribution >= 4 is 0 Å². The highest BCUT2D eigenvalue weighted by molar-refractivity contribution is 4.63. The summed E-state index contributed by atoms with van der Waals surface area (Å²) >= 11 is 0. The zero-order valence-corrected chi connectivity index (χ0v) is 9.98. The molecule has 0 bridgehead atoms. The van der Waals surface area contributed by atoms with E-state index in [2.05, 4.69) is 13.8 Å². The maximum Gasteiger partial charge on any atom is 0.0919 e. The lowest BCUT2D eigenvalue weighted by molar-refractivity contribution is -0.0334. The van der Waals surface area contributed by atoms with Crippen LogP contribution in [0.1, 0.15) is 52.4 Å². The zero-order valence-electron chi connectivity index (χ0n) is 9.98. The van der Waals surface area contributed by atoms with Crippen LogP contribution in [0, 0.1) is 0 Å². The van der Waals surface area contributed by atoms with E-state index < -0.39 is 0 Å². The highest BCUT2D eigenvalue weighted by Gasteiger charge is 2.15. The molecule has 0 aliphatic heterocycles. The van der Waals surface area contributed by atoms with E-state index in [1.807, 2.05) is 0 Å². The molecule has 1 nitrogen and oxygen atoms in total. The molecule has 0 aromatic heterocycles. The van der Waals surface area contributed by atoms with Crippen LogP contribution in [0.5, 0.6) is 0 Å².